The second kappa shape index (κ2) is 12.0. The summed E-state index contributed by atoms with van der Waals surface area (Å²) in [6.45, 7) is 3.63. The number of carbonyl (C=O) groups is 2. The first-order valence-electron chi connectivity index (χ1n) is 14.1. The summed E-state index contributed by atoms with van der Waals surface area (Å²) in [4.78, 5) is 36.5. The third kappa shape index (κ3) is 6.64. The molecule has 0 spiro atoms. The van der Waals surface area contributed by atoms with Crippen LogP contribution in [-0.2, 0) is 10.9 Å². The summed E-state index contributed by atoms with van der Waals surface area (Å²) < 4.78 is 46.4. The molecule has 14 heteroatoms. The number of hydrogen-bond acceptors (Lipinski definition) is 8. The summed E-state index contributed by atoms with van der Waals surface area (Å²) >= 11 is 0. The molecule has 2 fully saturated rings. The van der Waals surface area contributed by atoms with Gasteiger partial charge in [-0.15, -0.1) is 0 Å². The van der Waals surface area contributed by atoms with Crippen molar-refractivity contribution in [2.24, 2.45) is 0 Å². The number of alkyl halides is 3. The van der Waals surface area contributed by atoms with Gasteiger partial charge in [-0.1, -0.05) is 12.1 Å². The summed E-state index contributed by atoms with van der Waals surface area (Å²) in [6.07, 6.45) is -1.02. The molecule has 2 aliphatic rings. The smallest absolute Gasteiger partial charge is 0.378 e. The Bertz CT molecular complexity index is 1700. The highest BCUT2D eigenvalue weighted by atomic mass is 19.4. The minimum Gasteiger partial charge on any atom is -0.378 e. The first-order chi connectivity index (χ1) is 21.1. The summed E-state index contributed by atoms with van der Waals surface area (Å²) in [5.41, 5.74) is 0.898. The number of nitrogens with zero attached hydrogens (tertiary/aromatic N) is 5. The first kappa shape index (κ1) is 29.1. The van der Waals surface area contributed by atoms with E-state index in [1.165, 1.54) is 23.1 Å². The van der Waals surface area contributed by atoms with Crippen molar-refractivity contribution in [2.45, 2.75) is 32.0 Å². The highest BCUT2D eigenvalue weighted by Gasteiger charge is 2.31. The molecule has 228 valence electrons. The van der Waals surface area contributed by atoms with Crippen LogP contribution in [0.5, 0.6) is 0 Å². The van der Waals surface area contributed by atoms with Gasteiger partial charge in [-0.2, -0.15) is 23.0 Å². The van der Waals surface area contributed by atoms with Crippen molar-refractivity contribution < 1.29 is 27.5 Å². The van der Waals surface area contributed by atoms with Crippen molar-refractivity contribution in [1.82, 2.24) is 24.6 Å². The number of carbonyl (C=O) groups excluding carboxylic acids is 2. The van der Waals surface area contributed by atoms with Gasteiger partial charge in [0.1, 0.15) is 18.0 Å². The van der Waals surface area contributed by atoms with Crippen molar-refractivity contribution >= 4 is 34.8 Å². The van der Waals surface area contributed by atoms with E-state index in [2.05, 4.69) is 31.0 Å². The lowest BCUT2D eigenvalue weighted by Crippen LogP contribution is -2.40. The molecule has 1 aliphatic carbocycles. The number of amides is 2. The van der Waals surface area contributed by atoms with Crippen LogP contribution >= 0.6 is 0 Å². The zero-order valence-electron chi connectivity index (χ0n) is 23.7. The van der Waals surface area contributed by atoms with Gasteiger partial charge in [-0.05, 0) is 55.7 Å². The molecule has 11 nitrogen and oxygen atoms in total. The van der Waals surface area contributed by atoms with Gasteiger partial charge in [0.2, 0.25) is 0 Å². The zero-order chi connectivity index (χ0) is 30.8. The number of morpholine rings is 1. The van der Waals surface area contributed by atoms with Crippen LogP contribution in [0.3, 0.4) is 0 Å². The molecule has 44 heavy (non-hydrogen) atoms. The van der Waals surface area contributed by atoms with E-state index in [-0.39, 0.29) is 17.2 Å². The SMILES string of the molecule is Cc1ccc(NC(=O)c2cccc(C(F)(F)F)c2)cc1Nc1cc(C(=O)N2CCOCC2)nn1-c1cc(NC2CC2)ncn1. The molecule has 3 heterocycles. The Morgan fingerprint density at radius 2 is 1.80 bits per heavy atom. The number of ether oxygens (including phenoxy) is 1. The van der Waals surface area contributed by atoms with Gasteiger partial charge in [0.15, 0.2) is 11.5 Å². The van der Waals surface area contributed by atoms with Crippen LogP contribution in [0.15, 0.2) is 60.9 Å². The summed E-state index contributed by atoms with van der Waals surface area (Å²) in [5.74, 6) is 0.557. The number of nitrogens with one attached hydrogen (secondary N) is 3. The van der Waals surface area contributed by atoms with Crippen molar-refractivity contribution in [2.75, 3.05) is 42.3 Å². The van der Waals surface area contributed by atoms with Gasteiger partial charge in [-0.3, -0.25) is 9.59 Å². The van der Waals surface area contributed by atoms with Gasteiger partial charge in [0, 0.05) is 48.2 Å². The van der Waals surface area contributed by atoms with E-state index in [4.69, 9.17) is 4.74 Å². The minimum absolute atomic E-state index is 0.126. The maximum absolute atomic E-state index is 13.3. The monoisotopic (exact) mass is 606 g/mol. The fourth-order valence-corrected chi connectivity index (χ4v) is 4.67. The molecular weight excluding hydrogens is 577 g/mol. The Balaban J connectivity index is 1.29. The Hall–Kier alpha value is -4.98. The van der Waals surface area contributed by atoms with Gasteiger partial charge < -0.3 is 25.6 Å². The van der Waals surface area contributed by atoms with E-state index >= 15 is 0 Å². The largest absolute Gasteiger partial charge is 0.416 e. The second-order valence-electron chi connectivity index (χ2n) is 10.6. The molecule has 0 unspecified atom stereocenters. The summed E-state index contributed by atoms with van der Waals surface area (Å²) in [7, 11) is 0. The van der Waals surface area contributed by atoms with Crippen LogP contribution in [0.4, 0.5) is 36.2 Å². The molecule has 4 aromatic rings. The lowest BCUT2D eigenvalue weighted by atomic mass is 10.1. The van der Waals surface area contributed by atoms with Crippen LogP contribution in [0.1, 0.15) is 44.8 Å². The van der Waals surface area contributed by atoms with Crippen molar-refractivity contribution in [3.63, 3.8) is 0 Å². The Morgan fingerprint density at radius 3 is 2.55 bits per heavy atom. The molecule has 6 rings (SSSR count). The molecule has 0 bridgehead atoms. The van der Waals surface area contributed by atoms with Crippen LogP contribution in [0, 0.1) is 6.92 Å². The number of hydrogen-bond donors (Lipinski definition) is 3. The maximum atomic E-state index is 13.3. The second-order valence-corrected chi connectivity index (χ2v) is 10.6. The average Bonchev–Trinajstić information content (AvgIpc) is 3.74. The molecule has 0 radical (unpaired) electrons. The number of aromatic nitrogens is 4. The molecule has 1 aliphatic heterocycles. The van der Waals surface area contributed by atoms with Crippen molar-refractivity contribution in [1.29, 1.82) is 0 Å². The standard InChI is InChI=1S/C30H29F3N8O3/c1-18-5-6-22(37-28(42)19-3-2-4-20(13-19)30(31,32)33)14-23(18)38-27-15-24(29(43)40-9-11-44-12-10-40)39-41(27)26-16-25(34-17-35-26)36-21-7-8-21/h2-6,13-17,21,38H,7-12H2,1H3,(H,37,42)(H,34,35,36). The molecule has 3 N–H and O–H groups in total. The fourth-order valence-electron chi connectivity index (χ4n) is 4.67. The first-order valence-corrected chi connectivity index (χ1v) is 14.1. The van der Waals surface area contributed by atoms with E-state index in [1.807, 2.05) is 6.92 Å². The molecule has 0 atom stereocenters. The molecular formula is C30H29F3N8O3. The normalized spacial score (nSPS) is 15.1. The number of aryl methyl sites for hydroxylation is 1. The van der Waals surface area contributed by atoms with Crippen LogP contribution in [-0.4, -0.2) is 68.8 Å². The summed E-state index contributed by atoms with van der Waals surface area (Å²) in [5, 5.41) is 13.9. The van der Waals surface area contributed by atoms with Crippen LogP contribution in [0.25, 0.3) is 5.82 Å². The lowest BCUT2D eigenvalue weighted by Gasteiger charge is -2.25. The van der Waals surface area contributed by atoms with E-state index in [1.54, 1.807) is 35.2 Å². The Kier molecular flexibility index (Phi) is 7.91. The van der Waals surface area contributed by atoms with Crippen molar-refractivity contribution in [3.05, 3.63) is 83.3 Å². The van der Waals surface area contributed by atoms with Gasteiger partial charge in [0.05, 0.1) is 18.8 Å². The van der Waals surface area contributed by atoms with Crippen LogP contribution in [0.2, 0.25) is 0 Å². The number of anilines is 4. The highest BCUT2D eigenvalue weighted by molar-refractivity contribution is 6.04. The zero-order valence-corrected chi connectivity index (χ0v) is 23.7. The minimum atomic E-state index is -4.57. The fraction of sp³-hybridized carbons (Fsp3) is 0.300. The van der Waals surface area contributed by atoms with Crippen LogP contribution < -0.4 is 16.0 Å². The molecule has 2 amide bonds. The van der Waals surface area contributed by atoms with E-state index in [0.29, 0.717) is 61.2 Å². The number of halogens is 3. The quantitative estimate of drug-likeness (QED) is 0.255. The van der Waals surface area contributed by atoms with Gasteiger partial charge in [0.25, 0.3) is 11.8 Å². The summed E-state index contributed by atoms with van der Waals surface area (Å²) in [6, 6.07) is 13.0. The van der Waals surface area contributed by atoms with E-state index in [9.17, 15) is 22.8 Å². The number of benzene rings is 2. The third-order valence-electron chi connectivity index (χ3n) is 7.24. The predicted octanol–water partition coefficient (Wildman–Crippen LogP) is 5.03. The Labute approximate surface area is 250 Å². The Morgan fingerprint density at radius 1 is 1.00 bits per heavy atom. The highest BCUT2D eigenvalue weighted by Crippen LogP contribution is 2.31. The number of rotatable bonds is 8. The predicted molar refractivity (Wildman–Crippen MR) is 156 cm³/mol. The van der Waals surface area contributed by atoms with E-state index in [0.717, 1.165) is 30.5 Å². The topological polar surface area (TPSA) is 126 Å². The lowest BCUT2D eigenvalue weighted by molar-refractivity contribution is -0.137. The van der Waals surface area contributed by atoms with Gasteiger partial charge in [-0.25, -0.2) is 9.97 Å². The van der Waals surface area contributed by atoms with Crippen molar-refractivity contribution in [3.8, 4) is 5.82 Å². The molecule has 1 saturated carbocycles. The molecule has 2 aromatic carbocycles. The molecule has 2 aromatic heterocycles. The van der Waals surface area contributed by atoms with Gasteiger partial charge >= 0.3 is 6.18 Å². The maximum Gasteiger partial charge on any atom is 0.416 e. The van der Waals surface area contributed by atoms with E-state index < -0.39 is 17.6 Å². The molecule has 1 saturated heterocycles. The third-order valence-corrected chi connectivity index (χ3v) is 7.24. The average molecular weight is 607 g/mol.